The molecule has 2 aromatic carbocycles. The van der Waals surface area contributed by atoms with Crippen LogP contribution >= 0.6 is 0 Å². The van der Waals surface area contributed by atoms with Gasteiger partial charge in [-0.1, -0.05) is 12.1 Å². The summed E-state index contributed by atoms with van der Waals surface area (Å²) >= 11 is 0. The lowest BCUT2D eigenvalue weighted by Gasteiger charge is -2.17. The van der Waals surface area contributed by atoms with Crippen molar-refractivity contribution in [2.45, 2.75) is 12.0 Å². The van der Waals surface area contributed by atoms with Crippen LogP contribution in [0.15, 0.2) is 42.5 Å². The van der Waals surface area contributed by atoms with Crippen LogP contribution in [-0.4, -0.2) is 43.8 Å². The summed E-state index contributed by atoms with van der Waals surface area (Å²) in [5.41, 5.74) is 8.02. The third kappa shape index (κ3) is 2.89. The molecular weight excluding hydrogens is 320 g/mol. The molecular formula is C19H20N2O4. The fourth-order valence-corrected chi connectivity index (χ4v) is 3.41. The Kier molecular flexibility index (Phi) is 3.97. The van der Waals surface area contributed by atoms with Crippen LogP contribution in [0.5, 0.6) is 17.2 Å². The average Bonchev–Trinajstić information content (AvgIpc) is 3.27. The highest BCUT2D eigenvalue weighted by Gasteiger charge is 2.34. The molecule has 1 amide bonds. The second-order valence-electron chi connectivity index (χ2n) is 6.32. The van der Waals surface area contributed by atoms with Crippen molar-refractivity contribution in [3.63, 3.8) is 0 Å². The second kappa shape index (κ2) is 6.29. The molecule has 130 valence electrons. The van der Waals surface area contributed by atoms with Crippen LogP contribution in [0.2, 0.25) is 0 Å². The first-order valence-electron chi connectivity index (χ1n) is 8.24. The van der Waals surface area contributed by atoms with E-state index in [1.54, 1.807) is 30.2 Å². The molecule has 0 aromatic heterocycles. The lowest BCUT2D eigenvalue weighted by atomic mass is 9.95. The molecule has 0 aliphatic carbocycles. The number of hydrogen-bond acceptors (Lipinski definition) is 5. The lowest BCUT2D eigenvalue weighted by molar-refractivity contribution is 0.0788. The summed E-state index contributed by atoms with van der Waals surface area (Å²) in [7, 11) is 1.64. The zero-order valence-electron chi connectivity index (χ0n) is 14.0. The molecule has 25 heavy (non-hydrogen) atoms. The zero-order valence-corrected chi connectivity index (χ0v) is 14.0. The minimum absolute atomic E-state index is 0.0373. The monoisotopic (exact) mass is 340 g/mol. The quantitative estimate of drug-likeness (QED) is 0.925. The van der Waals surface area contributed by atoms with Crippen molar-refractivity contribution in [3.05, 3.63) is 53.6 Å². The molecule has 2 heterocycles. The topological polar surface area (TPSA) is 74.0 Å². The van der Waals surface area contributed by atoms with Crippen LogP contribution in [0.25, 0.3) is 0 Å². The van der Waals surface area contributed by atoms with E-state index in [1.165, 1.54) is 0 Å². The Bertz CT molecular complexity index is 791. The number of hydrogen-bond donors (Lipinski definition) is 1. The van der Waals surface area contributed by atoms with Crippen molar-refractivity contribution in [2.75, 3.05) is 27.0 Å². The van der Waals surface area contributed by atoms with Gasteiger partial charge in [0.15, 0.2) is 11.5 Å². The van der Waals surface area contributed by atoms with Crippen LogP contribution < -0.4 is 19.9 Å². The minimum Gasteiger partial charge on any atom is -0.497 e. The summed E-state index contributed by atoms with van der Waals surface area (Å²) in [6.07, 6.45) is 0. The fraction of sp³-hybridized carbons (Fsp3) is 0.316. The van der Waals surface area contributed by atoms with E-state index in [4.69, 9.17) is 19.9 Å². The fourth-order valence-electron chi connectivity index (χ4n) is 3.41. The molecule has 1 fully saturated rings. The van der Waals surface area contributed by atoms with Gasteiger partial charge in [-0.2, -0.15) is 0 Å². The van der Waals surface area contributed by atoms with Crippen molar-refractivity contribution in [2.24, 2.45) is 5.73 Å². The number of nitrogens with two attached hydrogens (primary N) is 1. The standard InChI is InChI=1S/C19H20N2O4/c1-23-14-5-2-12(3-6-14)15-9-21(10-16(15)20)19(22)13-4-7-17-18(8-13)25-11-24-17/h2-8,15-16H,9-11,20H2,1H3/t15-,16+/m0/s1. The van der Waals surface area contributed by atoms with Gasteiger partial charge in [-0.05, 0) is 35.9 Å². The largest absolute Gasteiger partial charge is 0.497 e. The molecule has 2 N–H and O–H groups in total. The molecule has 0 unspecified atom stereocenters. The number of nitrogens with zero attached hydrogens (tertiary/aromatic N) is 1. The molecule has 0 saturated carbocycles. The molecule has 2 aromatic rings. The van der Waals surface area contributed by atoms with Gasteiger partial charge < -0.3 is 24.8 Å². The maximum absolute atomic E-state index is 12.8. The van der Waals surface area contributed by atoms with Crippen molar-refractivity contribution >= 4 is 5.91 Å². The number of likely N-dealkylation sites (tertiary alicyclic amines) is 1. The second-order valence-corrected chi connectivity index (χ2v) is 6.32. The van der Waals surface area contributed by atoms with Gasteiger partial charge in [0, 0.05) is 30.6 Å². The Labute approximate surface area is 146 Å². The van der Waals surface area contributed by atoms with Gasteiger partial charge in [0.05, 0.1) is 7.11 Å². The smallest absolute Gasteiger partial charge is 0.254 e. The summed E-state index contributed by atoms with van der Waals surface area (Å²) in [5, 5.41) is 0. The first-order chi connectivity index (χ1) is 12.2. The van der Waals surface area contributed by atoms with Gasteiger partial charge in [0.25, 0.3) is 5.91 Å². The van der Waals surface area contributed by atoms with Crippen molar-refractivity contribution in [1.82, 2.24) is 4.90 Å². The third-order valence-electron chi connectivity index (χ3n) is 4.82. The highest BCUT2D eigenvalue weighted by atomic mass is 16.7. The van der Waals surface area contributed by atoms with Gasteiger partial charge in [-0.15, -0.1) is 0 Å². The Balaban J connectivity index is 1.51. The Hall–Kier alpha value is -2.73. The lowest BCUT2D eigenvalue weighted by Crippen LogP contribution is -2.32. The zero-order chi connectivity index (χ0) is 17.4. The maximum Gasteiger partial charge on any atom is 0.254 e. The van der Waals surface area contributed by atoms with E-state index >= 15 is 0 Å². The molecule has 2 atom stereocenters. The number of carbonyl (C=O) groups is 1. The predicted octanol–water partition coefficient (Wildman–Crippen LogP) is 1.99. The van der Waals surface area contributed by atoms with Crippen LogP contribution in [-0.2, 0) is 0 Å². The van der Waals surface area contributed by atoms with Gasteiger partial charge >= 0.3 is 0 Å². The van der Waals surface area contributed by atoms with Crippen molar-refractivity contribution < 1.29 is 19.0 Å². The summed E-state index contributed by atoms with van der Waals surface area (Å²) < 4.78 is 15.8. The molecule has 2 aliphatic heterocycles. The molecule has 0 spiro atoms. The number of carbonyl (C=O) groups excluding carboxylic acids is 1. The van der Waals surface area contributed by atoms with Crippen molar-refractivity contribution in [3.8, 4) is 17.2 Å². The molecule has 6 heteroatoms. The summed E-state index contributed by atoms with van der Waals surface area (Å²) in [5.74, 6) is 2.17. The molecule has 6 nitrogen and oxygen atoms in total. The van der Waals surface area contributed by atoms with E-state index in [0.29, 0.717) is 30.2 Å². The van der Waals surface area contributed by atoms with E-state index in [2.05, 4.69) is 0 Å². The number of rotatable bonds is 3. The Morgan fingerprint density at radius 3 is 2.64 bits per heavy atom. The number of methoxy groups -OCH3 is 1. The number of benzene rings is 2. The number of fused-ring (bicyclic) bond motifs is 1. The van der Waals surface area contributed by atoms with E-state index in [0.717, 1.165) is 11.3 Å². The normalized spacial score (nSPS) is 21.4. The van der Waals surface area contributed by atoms with E-state index < -0.39 is 0 Å². The van der Waals surface area contributed by atoms with Crippen LogP contribution in [0, 0.1) is 0 Å². The van der Waals surface area contributed by atoms with Gasteiger partial charge in [0.2, 0.25) is 6.79 Å². The van der Waals surface area contributed by atoms with Crippen LogP contribution in [0.4, 0.5) is 0 Å². The molecule has 4 rings (SSSR count). The molecule has 0 bridgehead atoms. The third-order valence-corrected chi connectivity index (χ3v) is 4.82. The Morgan fingerprint density at radius 1 is 1.12 bits per heavy atom. The first-order valence-corrected chi connectivity index (χ1v) is 8.24. The van der Waals surface area contributed by atoms with E-state index in [1.807, 2.05) is 24.3 Å². The molecule has 2 aliphatic rings. The van der Waals surface area contributed by atoms with E-state index in [9.17, 15) is 4.79 Å². The number of amides is 1. The summed E-state index contributed by atoms with van der Waals surface area (Å²) in [6, 6.07) is 13.0. The molecule has 1 saturated heterocycles. The number of ether oxygens (including phenoxy) is 3. The summed E-state index contributed by atoms with van der Waals surface area (Å²) in [4.78, 5) is 14.6. The van der Waals surface area contributed by atoms with Crippen LogP contribution in [0.1, 0.15) is 21.8 Å². The first kappa shape index (κ1) is 15.8. The van der Waals surface area contributed by atoms with Crippen LogP contribution in [0.3, 0.4) is 0 Å². The van der Waals surface area contributed by atoms with Gasteiger partial charge in [-0.3, -0.25) is 4.79 Å². The van der Waals surface area contributed by atoms with Gasteiger partial charge in [-0.25, -0.2) is 0 Å². The van der Waals surface area contributed by atoms with Crippen molar-refractivity contribution in [1.29, 1.82) is 0 Å². The SMILES string of the molecule is COc1ccc([C@@H]2CN(C(=O)c3ccc4c(c3)OCO4)C[C@H]2N)cc1. The highest BCUT2D eigenvalue weighted by Crippen LogP contribution is 2.34. The molecule has 0 radical (unpaired) electrons. The average molecular weight is 340 g/mol. The summed E-state index contributed by atoms with van der Waals surface area (Å²) in [6.45, 7) is 1.33. The Morgan fingerprint density at radius 2 is 1.88 bits per heavy atom. The minimum atomic E-state index is -0.0913. The van der Waals surface area contributed by atoms with E-state index in [-0.39, 0.29) is 24.7 Å². The maximum atomic E-state index is 12.8. The van der Waals surface area contributed by atoms with Gasteiger partial charge in [0.1, 0.15) is 5.75 Å². The highest BCUT2D eigenvalue weighted by molar-refractivity contribution is 5.95. The predicted molar refractivity (Wildman–Crippen MR) is 92.2 cm³/mol.